The Labute approximate surface area is 347 Å². The Balaban J connectivity index is 0.839. The first kappa shape index (κ1) is 41.3. The van der Waals surface area contributed by atoms with Crippen LogP contribution in [0.4, 0.5) is 21.6 Å². The van der Waals surface area contributed by atoms with Crippen molar-refractivity contribution in [3.05, 3.63) is 89.0 Å². The second kappa shape index (κ2) is 18.3. The normalized spacial score (nSPS) is 17.1. The number of anilines is 3. The predicted molar refractivity (Wildman–Crippen MR) is 219 cm³/mol. The lowest BCUT2D eigenvalue weighted by Gasteiger charge is -2.34. The van der Waals surface area contributed by atoms with Crippen LogP contribution in [-0.4, -0.2) is 112 Å². The van der Waals surface area contributed by atoms with Gasteiger partial charge in [0, 0.05) is 73.7 Å². The Morgan fingerprint density at radius 3 is 2.61 bits per heavy atom. The third-order valence-corrected chi connectivity index (χ3v) is 11.7. The summed E-state index contributed by atoms with van der Waals surface area (Å²) >= 11 is 7.38. The minimum Gasteiger partial charge on any atom is -0.494 e. The molecule has 2 saturated heterocycles. The van der Waals surface area contributed by atoms with E-state index in [1.807, 2.05) is 4.90 Å². The fourth-order valence-corrected chi connectivity index (χ4v) is 8.41. The van der Waals surface area contributed by atoms with Crippen LogP contribution in [0.5, 0.6) is 5.75 Å². The van der Waals surface area contributed by atoms with E-state index in [0.717, 1.165) is 4.90 Å². The van der Waals surface area contributed by atoms with Crippen LogP contribution in [0.1, 0.15) is 52.8 Å². The van der Waals surface area contributed by atoms with Gasteiger partial charge in [-0.1, -0.05) is 23.7 Å². The largest absolute Gasteiger partial charge is 0.494 e. The highest BCUT2D eigenvalue weighted by Crippen LogP contribution is 2.36. The van der Waals surface area contributed by atoms with E-state index in [4.69, 9.17) is 16.3 Å². The van der Waals surface area contributed by atoms with Crippen LogP contribution in [0.3, 0.4) is 0 Å². The van der Waals surface area contributed by atoms with E-state index < -0.39 is 35.5 Å². The molecule has 306 valence electrons. The number of fused-ring (bicyclic) bond motifs is 2. The lowest BCUT2D eigenvalue weighted by atomic mass is 10.0. The van der Waals surface area contributed by atoms with Gasteiger partial charge >= 0.3 is 0 Å². The van der Waals surface area contributed by atoms with Crippen LogP contribution in [0, 0.1) is 5.82 Å². The van der Waals surface area contributed by atoms with E-state index in [9.17, 15) is 33.2 Å². The molecule has 4 aromatic rings. The summed E-state index contributed by atoms with van der Waals surface area (Å²) in [6.45, 7) is 2.97. The number of hydrogen-bond donors (Lipinski definition) is 3. The molecule has 1 unspecified atom stereocenters. The van der Waals surface area contributed by atoms with E-state index in [1.54, 1.807) is 36.4 Å². The summed E-state index contributed by atoms with van der Waals surface area (Å²) in [5.41, 5.74) is 2.01. The zero-order chi connectivity index (χ0) is 41.6. The molecule has 0 bridgehead atoms. The van der Waals surface area contributed by atoms with E-state index in [-0.39, 0.29) is 40.8 Å². The molecule has 0 saturated carbocycles. The summed E-state index contributed by atoms with van der Waals surface area (Å²) in [7, 11) is 1.49. The molecule has 3 aliphatic rings. The van der Waals surface area contributed by atoms with Crippen molar-refractivity contribution in [1.82, 2.24) is 30.0 Å². The van der Waals surface area contributed by atoms with Gasteiger partial charge in [-0.2, -0.15) is 0 Å². The van der Waals surface area contributed by atoms with Crippen molar-refractivity contribution in [3.63, 3.8) is 0 Å². The molecule has 3 N–H and O–H groups in total. The predicted octanol–water partition coefficient (Wildman–Crippen LogP) is 5.18. The first-order valence-corrected chi connectivity index (χ1v) is 20.4. The van der Waals surface area contributed by atoms with Gasteiger partial charge in [-0.25, -0.2) is 14.4 Å². The molecule has 2 fully saturated rings. The number of piperazine rings is 1. The molecular weight excluding hydrogens is 803 g/mol. The molecule has 0 spiro atoms. The highest BCUT2D eigenvalue weighted by Gasteiger charge is 2.45. The quantitative estimate of drug-likeness (QED) is 0.0656. The number of nitrogens with one attached hydrogen (secondary N) is 3. The van der Waals surface area contributed by atoms with Gasteiger partial charge in [-0.3, -0.25) is 43.9 Å². The van der Waals surface area contributed by atoms with Gasteiger partial charge in [0.2, 0.25) is 23.6 Å². The van der Waals surface area contributed by atoms with E-state index in [0.29, 0.717) is 96.5 Å². The third kappa shape index (κ3) is 9.37. The van der Waals surface area contributed by atoms with Gasteiger partial charge in [0.15, 0.2) is 0 Å². The number of rotatable bonds is 14. The summed E-state index contributed by atoms with van der Waals surface area (Å²) in [5.74, 6) is -1.52. The van der Waals surface area contributed by atoms with Crippen molar-refractivity contribution in [2.75, 3.05) is 56.2 Å². The molecule has 3 aliphatic heterocycles. The third-order valence-electron chi connectivity index (χ3n) is 10.2. The number of carbonyl (C=O) groups excluding carboxylic acids is 6. The summed E-state index contributed by atoms with van der Waals surface area (Å²) in [6.07, 6.45) is 6.51. The van der Waals surface area contributed by atoms with Gasteiger partial charge in [-0.15, -0.1) is 11.8 Å². The van der Waals surface area contributed by atoms with E-state index >= 15 is 0 Å². The molecule has 1 aromatic heterocycles. The molecule has 6 amide bonds. The number of thioether (sulfide) groups is 1. The first-order chi connectivity index (χ1) is 28.5. The first-order valence-electron chi connectivity index (χ1n) is 19.0. The summed E-state index contributed by atoms with van der Waals surface area (Å²) < 4.78 is 19.2. The number of methoxy groups -OCH3 is 1. The smallest absolute Gasteiger partial charge is 0.263 e. The number of nitrogens with zero attached hydrogens (tertiary/aromatic N) is 5. The zero-order valence-corrected chi connectivity index (χ0v) is 33.5. The van der Waals surface area contributed by atoms with Crippen molar-refractivity contribution >= 4 is 86.9 Å². The number of carbonyl (C=O) groups is 6. The fraction of sp³-hybridized carbons (Fsp3) is 0.317. The number of unbranched alkanes of at least 4 members (excludes halogenated alkanes) is 1. The second-order valence-electron chi connectivity index (χ2n) is 14.1. The Morgan fingerprint density at radius 1 is 1.03 bits per heavy atom. The minimum absolute atomic E-state index is 0.0385. The summed E-state index contributed by atoms with van der Waals surface area (Å²) in [5, 5.41) is 8.74. The van der Waals surface area contributed by atoms with Gasteiger partial charge in [0.1, 0.15) is 29.8 Å². The van der Waals surface area contributed by atoms with Crippen LogP contribution < -0.4 is 20.7 Å². The van der Waals surface area contributed by atoms with Crippen molar-refractivity contribution in [2.45, 2.75) is 43.0 Å². The SMILES string of the molecule is COc1cc2ncnc(Nc3ccc(F)c(Cl)c3)c2cc1NC(=O)/C=C/CN1CCN(C(=O)CCCCSc2cccc3c2C(=O)N(C2CCC(=O)NC2=O)C3=O)CC1. The van der Waals surface area contributed by atoms with Gasteiger partial charge in [0.25, 0.3) is 11.8 Å². The van der Waals surface area contributed by atoms with Crippen LogP contribution >= 0.6 is 23.4 Å². The van der Waals surface area contributed by atoms with Crippen molar-refractivity contribution in [3.8, 4) is 5.75 Å². The monoisotopic (exact) mass is 842 g/mol. The van der Waals surface area contributed by atoms with Crippen molar-refractivity contribution in [1.29, 1.82) is 0 Å². The summed E-state index contributed by atoms with van der Waals surface area (Å²) in [6, 6.07) is 11.6. The molecule has 0 radical (unpaired) electrons. The number of hydrogen-bond acceptors (Lipinski definition) is 12. The van der Waals surface area contributed by atoms with Gasteiger partial charge in [-0.05, 0) is 61.4 Å². The Kier molecular flexibility index (Phi) is 12.8. The Morgan fingerprint density at radius 2 is 1.85 bits per heavy atom. The fourth-order valence-electron chi connectivity index (χ4n) is 7.15. The number of benzene rings is 3. The van der Waals surface area contributed by atoms with Gasteiger partial charge in [0.05, 0.1) is 34.5 Å². The molecule has 18 heteroatoms. The molecule has 0 aliphatic carbocycles. The van der Waals surface area contributed by atoms with E-state index in [2.05, 4.69) is 30.8 Å². The van der Waals surface area contributed by atoms with Crippen LogP contribution in [0.2, 0.25) is 5.02 Å². The molecule has 1 atom stereocenters. The maximum Gasteiger partial charge on any atom is 0.263 e. The maximum absolute atomic E-state index is 13.7. The highest BCUT2D eigenvalue weighted by atomic mass is 35.5. The number of imide groups is 2. The molecule has 4 heterocycles. The lowest BCUT2D eigenvalue weighted by molar-refractivity contribution is -0.136. The molecule has 15 nitrogen and oxygen atoms in total. The zero-order valence-electron chi connectivity index (χ0n) is 32.0. The maximum atomic E-state index is 13.7. The Bertz CT molecular complexity index is 2370. The highest BCUT2D eigenvalue weighted by molar-refractivity contribution is 7.99. The topological polar surface area (TPSA) is 183 Å². The van der Waals surface area contributed by atoms with E-state index in [1.165, 1.54) is 49.5 Å². The number of aromatic nitrogens is 2. The lowest BCUT2D eigenvalue weighted by Crippen LogP contribution is -2.54. The average Bonchev–Trinajstić information content (AvgIpc) is 3.48. The number of ether oxygens (including phenoxy) is 1. The Hall–Kier alpha value is -5.91. The van der Waals surface area contributed by atoms with Crippen LogP contribution in [0.25, 0.3) is 10.9 Å². The average molecular weight is 843 g/mol. The van der Waals surface area contributed by atoms with Gasteiger partial charge < -0.3 is 20.3 Å². The van der Waals surface area contributed by atoms with Crippen molar-refractivity contribution < 1.29 is 37.9 Å². The molecule has 3 aromatic carbocycles. The second-order valence-corrected chi connectivity index (χ2v) is 15.6. The van der Waals surface area contributed by atoms with Crippen molar-refractivity contribution in [2.24, 2.45) is 0 Å². The standard InChI is InChI=1S/C41H40ClFN8O7S/c1-58-32-22-29-26(38(45-23-44-29)46-24-10-11-28(43)27(42)20-24)21-30(32)47-34(52)8-5-14-49-15-17-50(18-16-49)36(54)9-2-3-19-59-33-7-4-6-25-37(33)41(57)51(40(25)56)31-12-13-35(53)48-39(31)55/h4-8,10-11,20-23,31H,2-3,9,12-19H2,1H3,(H,47,52)(H,44,45,46)(H,48,53,55)/b8-5+. The molecule has 7 rings (SSSR count). The van der Waals surface area contributed by atoms with Crippen LogP contribution in [0.15, 0.2) is 71.9 Å². The minimum atomic E-state index is -1.02. The number of halogens is 2. The van der Waals surface area contributed by atoms with Crippen LogP contribution in [-0.2, 0) is 19.2 Å². The summed E-state index contributed by atoms with van der Waals surface area (Å²) in [4.78, 5) is 90.7. The molecule has 59 heavy (non-hydrogen) atoms. The number of amides is 6. The molecular formula is C41H40ClFN8O7S. The number of piperidine rings is 1.